The summed E-state index contributed by atoms with van der Waals surface area (Å²) in [5, 5.41) is 2.42. The number of hydrogen-bond acceptors (Lipinski definition) is 2. The lowest BCUT2D eigenvalue weighted by Gasteiger charge is -2.11. The molecule has 0 aromatic heterocycles. The van der Waals surface area contributed by atoms with Gasteiger partial charge >= 0.3 is 6.18 Å². The second-order valence-electron chi connectivity index (χ2n) is 4.30. The fourth-order valence-corrected chi connectivity index (χ4v) is 2.16. The summed E-state index contributed by atoms with van der Waals surface area (Å²) >= 11 is 2.99. The molecule has 2 rings (SSSR count). The number of carbonyl (C=O) groups is 1. The van der Waals surface area contributed by atoms with Gasteiger partial charge in [-0.2, -0.15) is 13.2 Å². The maximum absolute atomic E-state index is 12.7. The van der Waals surface area contributed by atoms with Crippen molar-refractivity contribution in [3.05, 3.63) is 58.1 Å². The van der Waals surface area contributed by atoms with Crippen molar-refractivity contribution in [2.24, 2.45) is 0 Å². The van der Waals surface area contributed by atoms with E-state index in [2.05, 4.69) is 21.2 Å². The van der Waals surface area contributed by atoms with Gasteiger partial charge in [0.25, 0.3) is 5.91 Å². The van der Waals surface area contributed by atoms with Gasteiger partial charge in [-0.1, -0.05) is 15.9 Å². The minimum absolute atomic E-state index is 0.0542. The molecular weight excluding hydrogens is 349 g/mol. The summed E-state index contributed by atoms with van der Waals surface area (Å²) in [7, 11) is 0. The number of anilines is 2. The van der Waals surface area contributed by atoms with Crippen LogP contribution in [-0.2, 0) is 6.18 Å². The number of benzene rings is 2. The van der Waals surface area contributed by atoms with Gasteiger partial charge in [-0.05, 0) is 42.5 Å². The number of amides is 1. The van der Waals surface area contributed by atoms with E-state index in [9.17, 15) is 18.0 Å². The second kappa shape index (κ2) is 5.77. The molecule has 0 heterocycles. The van der Waals surface area contributed by atoms with Gasteiger partial charge in [0.1, 0.15) is 0 Å². The van der Waals surface area contributed by atoms with E-state index >= 15 is 0 Å². The van der Waals surface area contributed by atoms with E-state index in [1.54, 1.807) is 0 Å². The van der Waals surface area contributed by atoms with Gasteiger partial charge in [0, 0.05) is 21.4 Å². The lowest BCUT2D eigenvalue weighted by atomic mass is 10.1. The fourth-order valence-electron chi connectivity index (χ4n) is 1.66. The summed E-state index contributed by atoms with van der Waals surface area (Å²) in [5.74, 6) is -0.513. The third-order valence-electron chi connectivity index (χ3n) is 2.66. The lowest BCUT2D eigenvalue weighted by Crippen LogP contribution is -2.13. The Bertz CT molecular complexity index is 669. The van der Waals surface area contributed by atoms with Crippen LogP contribution in [0.4, 0.5) is 24.5 Å². The normalized spacial score (nSPS) is 11.2. The topological polar surface area (TPSA) is 55.1 Å². The van der Waals surface area contributed by atoms with Gasteiger partial charge in [-0.15, -0.1) is 0 Å². The van der Waals surface area contributed by atoms with Crippen LogP contribution in [0.25, 0.3) is 0 Å². The van der Waals surface area contributed by atoms with Gasteiger partial charge in [0.2, 0.25) is 0 Å². The first-order valence-electron chi connectivity index (χ1n) is 5.80. The Morgan fingerprint density at radius 2 is 1.71 bits per heavy atom. The van der Waals surface area contributed by atoms with Crippen molar-refractivity contribution in [1.82, 2.24) is 0 Å². The molecule has 0 spiro atoms. The van der Waals surface area contributed by atoms with Crippen molar-refractivity contribution in [3.63, 3.8) is 0 Å². The number of nitrogens with two attached hydrogens (primary N) is 1. The number of nitrogen functional groups attached to an aromatic ring is 1. The van der Waals surface area contributed by atoms with Gasteiger partial charge in [0.15, 0.2) is 0 Å². The van der Waals surface area contributed by atoms with Crippen molar-refractivity contribution >= 4 is 33.2 Å². The zero-order valence-corrected chi connectivity index (χ0v) is 12.1. The maximum atomic E-state index is 12.7. The molecule has 0 saturated carbocycles. The Morgan fingerprint density at radius 3 is 2.29 bits per heavy atom. The predicted molar refractivity (Wildman–Crippen MR) is 78.0 cm³/mol. The highest BCUT2D eigenvalue weighted by atomic mass is 79.9. The van der Waals surface area contributed by atoms with Crippen LogP contribution in [0.2, 0.25) is 0 Å². The van der Waals surface area contributed by atoms with Crippen LogP contribution in [0.15, 0.2) is 46.9 Å². The molecule has 0 atom stereocenters. The van der Waals surface area contributed by atoms with E-state index < -0.39 is 17.6 Å². The third-order valence-corrected chi connectivity index (χ3v) is 3.11. The number of halogens is 4. The van der Waals surface area contributed by atoms with E-state index in [0.717, 1.165) is 12.1 Å². The molecule has 2 aromatic carbocycles. The molecule has 2 aromatic rings. The second-order valence-corrected chi connectivity index (χ2v) is 5.22. The molecule has 7 heteroatoms. The SMILES string of the molecule is Nc1ccc(C(=O)Nc2cc(Br)cc(C(F)(F)F)c2)cc1. The molecule has 21 heavy (non-hydrogen) atoms. The first kappa shape index (κ1) is 15.4. The maximum Gasteiger partial charge on any atom is 0.416 e. The monoisotopic (exact) mass is 358 g/mol. The van der Waals surface area contributed by atoms with Crippen molar-refractivity contribution < 1.29 is 18.0 Å². The smallest absolute Gasteiger partial charge is 0.399 e. The van der Waals surface area contributed by atoms with E-state index in [1.807, 2.05) is 0 Å². The first-order valence-corrected chi connectivity index (χ1v) is 6.60. The lowest BCUT2D eigenvalue weighted by molar-refractivity contribution is -0.137. The number of alkyl halides is 3. The summed E-state index contributed by atoms with van der Waals surface area (Å²) in [4.78, 5) is 11.9. The minimum atomic E-state index is -4.48. The van der Waals surface area contributed by atoms with Crippen LogP contribution in [0.3, 0.4) is 0 Å². The highest BCUT2D eigenvalue weighted by Crippen LogP contribution is 2.33. The molecule has 0 aliphatic carbocycles. The molecule has 0 bridgehead atoms. The van der Waals surface area contributed by atoms with E-state index in [0.29, 0.717) is 11.3 Å². The van der Waals surface area contributed by atoms with E-state index in [-0.39, 0.29) is 10.2 Å². The van der Waals surface area contributed by atoms with Crippen LogP contribution < -0.4 is 11.1 Å². The molecular formula is C14H10BrF3N2O. The van der Waals surface area contributed by atoms with Crippen molar-refractivity contribution in [1.29, 1.82) is 0 Å². The standard InChI is InChI=1S/C14H10BrF3N2O/c15-10-5-9(14(16,17)18)6-12(7-10)20-13(21)8-1-3-11(19)4-2-8/h1-7H,19H2,(H,20,21). The Hall–Kier alpha value is -2.02. The third kappa shape index (κ3) is 3.98. The molecule has 0 aliphatic heterocycles. The number of hydrogen-bond donors (Lipinski definition) is 2. The highest BCUT2D eigenvalue weighted by Gasteiger charge is 2.31. The van der Waals surface area contributed by atoms with Gasteiger partial charge in [-0.3, -0.25) is 4.79 Å². The molecule has 3 nitrogen and oxygen atoms in total. The highest BCUT2D eigenvalue weighted by molar-refractivity contribution is 9.10. The molecule has 0 saturated heterocycles. The van der Waals surface area contributed by atoms with Crippen molar-refractivity contribution in [2.45, 2.75) is 6.18 Å². The minimum Gasteiger partial charge on any atom is -0.399 e. The van der Waals surface area contributed by atoms with Gasteiger partial charge in [-0.25, -0.2) is 0 Å². The van der Waals surface area contributed by atoms with Crippen molar-refractivity contribution in [3.8, 4) is 0 Å². The Kier molecular flexibility index (Phi) is 4.22. The van der Waals surface area contributed by atoms with Crippen LogP contribution >= 0.6 is 15.9 Å². The predicted octanol–water partition coefficient (Wildman–Crippen LogP) is 4.30. The summed E-state index contributed by atoms with van der Waals surface area (Å²) < 4.78 is 38.3. The average Bonchev–Trinajstić information content (AvgIpc) is 2.37. The summed E-state index contributed by atoms with van der Waals surface area (Å²) in [6, 6.07) is 9.28. The first-order chi connectivity index (χ1) is 9.75. The van der Waals surface area contributed by atoms with Crippen LogP contribution in [0.1, 0.15) is 15.9 Å². The summed E-state index contributed by atoms with van der Waals surface area (Å²) in [5.41, 5.74) is 5.51. The summed E-state index contributed by atoms with van der Waals surface area (Å²) in [6.45, 7) is 0. The van der Waals surface area contributed by atoms with E-state index in [1.165, 1.54) is 30.3 Å². The molecule has 1 amide bonds. The van der Waals surface area contributed by atoms with Crippen LogP contribution in [0.5, 0.6) is 0 Å². The van der Waals surface area contributed by atoms with Crippen LogP contribution in [-0.4, -0.2) is 5.91 Å². The number of nitrogens with one attached hydrogen (secondary N) is 1. The summed E-state index contributed by atoms with van der Waals surface area (Å²) in [6.07, 6.45) is -4.48. The molecule has 0 fully saturated rings. The van der Waals surface area contributed by atoms with Gasteiger partial charge in [0.05, 0.1) is 5.56 Å². The average molecular weight is 359 g/mol. The van der Waals surface area contributed by atoms with E-state index in [4.69, 9.17) is 5.73 Å². The molecule has 0 radical (unpaired) electrons. The van der Waals surface area contributed by atoms with Crippen LogP contribution in [0, 0.1) is 0 Å². The zero-order chi connectivity index (χ0) is 15.6. The number of rotatable bonds is 2. The molecule has 110 valence electrons. The Morgan fingerprint density at radius 1 is 1.10 bits per heavy atom. The Balaban J connectivity index is 2.25. The quantitative estimate of drug-likeness (QED) is 0.786. The van der Waals surface area contributed by atoms with Crippen molar-refractivity contribution in [2.75, 3.05) is 11.1 Å². The molecule has 3 N–H and O–H groups in total. The zero-order valence-electron chi connectivity index (χ0n) is 10.5. The largest absolute Gasteiger partial charge is 0.416 e. The Labute approximate surface area is 127 Å². The molecule has 0 aliphatic rings. The van der Waals surface area contributed by atoms with Gasteiger partial charge < -0.3 is 11.1 Å². The number of carbonyl (C=O) groups excluding carboxylic acids is 1. The fraction of sp³-hybridized carbons (Fsp3) is 0.0714. The molecule has 0 unspecified atom stereocenters.